The molecule has 0 aromatic heterocycles. The van der Waals surface area contributed by atoms with Gasteiger partial charge in [-0.05, 0) is 110 Å². The summed E-state index contributed by atoms with van der Waals surface area (Å²) in [4.78, 5) is 43.7. The molecule has 5 rings (SSSR count). The zero-order valence-corrected chi connectivity index (χ0v) is 23.7. The predicted molar refractivity (Wildman–Crippen MR) is 157 cm³/mol. The monoisotopic (exact) mass is 536 g/mol. The van der Waals surface area contributed by atoms with Crippen molar-refractivity contribution < 1.29 is 19.1 Å². The van der Waals surface area contributed by atoms with E-state index in [1.54, 1.807) is 0 Å². The Hall–Kier alpha value is -4.46. The number of methoxy groups -OCH3 is 2. The zero-order valence-electron chi connectivity index (χ0n) is 23.7. The molecule has 0 radical (unpaired) electrons. The lowest BCUT2D eigenvalue weighted by Gasteiger charge is -2.08. The van der Waals surface area contributed by atoms with Crippen LogP contribution in [0.15, 0.2) is 113 Å². The van der Waals surface area contributed by atoms with Gasteiger partial charge >= 0.3 is 11.9 Å². The third kappa shape index (κ3) is 5.34. The van der Waals surface area contributed by atoms with E-state index in [0.29, 0.717) is 12.8 Å². The second kappa shape index (κ2) is 11.0. The minimum Gasteiger partial charge on any atom is -0.469 e. The maximum absolute atomic E-state index is 12.0. The number of fused-ring (bicyclic) bond motifs is 4. The molecule has 5 aliphatic rings. The molecule has 0 atom stereocenters. The summed E-state index contributed by atoms with van der Waals surface area (Å²) in [5.74, 6) is -0.558. The topological polar surface area (TPSA) is 102 Å². The molecule has 0 aromatic rings. The van der Waals surface area contributed by atoms with E-state index in [1.807, 2.05) is 64.2 Å². The molecule has 0 spiro atoms. The van der Waals surface area contributed by atoms with Crippen LogP contribution >= 0.6 is 0 Å². The van der Waals surface area contributed by atoms with Crippen LogP contribution in [0.5, 0.6) is 0 Å². The van der Waals surface area contributed by atoms with Crippen LogP contribution in [-0.2, 0) is 19.1 Å². The third-order valence-corrected chi connectivity index (χ3v) is 7.54. The van der Waals surface area contributed by atoms with E-state index in [9.17, 15) is 9.59 Å². The first-order valence-corrected chi connectivity index (χ1v) is 13.3. The lowest BCUT2D eigenvalue weighted by Crippen LogP contribution is -2.05. The first-order valence-electron chi connectivity index (χ1n) is 13.3. The molecule has 0 fully saturated rings. The Kier molecular flexibility index (Phi) is 7.43. The summed E-state index contributed by atoms with van der Waals surface area (Å²) in [5, 5.41) is 0. The standard InChI is InChI=1S/C32H32N4O4/c1-17-11-22-14-27-19(3)23(7-9-31(37)39-5)29(35-27)16-30-24(8-10-32(38)40-6)20(4)28(36-30)15-26-18(2)12-21(34-26)13-25(17)33-22/h11-16H,7-10H2,1-6H3. The summed E-state index contributed by atoms with van der Waals surface area (Å²) >= 11 is 0. The summed E-state index contributed by atoms with van der Waals surface area (Å²) in [6, 6.07) is 0. The van der Waals surface area contributed by atoms with E-state index in [0.717, 1.165) is 79.1 Å². The Morgan fingerprint density at radius 3 is 1.68 bits per heavy atom. The second-order valence-corrected chi connectivity index (χ2v) is 10.2. The highest BCUT2D eigenvalue weighted by Crippen LogP contribution is 2.35. The Bertz CT molecular complexity index is 1610. The minimum atomic E-state index is -0.279. The van der Waals surface area contributed by atoms with Crippen LogP contribution in [0.4, 0.5) is 0 Å². The zero-order chi connectivity index (χ0) is 28.6. The van der Waals surface area contributed by atoms with Crippen molar-refractivity contribution in [3.05, 3.63) is 92.7 Å². The van der Waals surface area contributed by atoms with Crippen molar-refractivity contribution in [2.75, 3.05) is 14.2 Å². The lowest BCUT2D eigenvalue weighted by atomic mass is 9.96. The fourth-order valence-electron chi connectivity index (χ4n) is 5.15. The highest BCUT2D eigenvalue weighted by Gasteiger charge is 2.26. The first kappa shape index (κ1) is 27.1. The van der Waals surface area contributed by atoms with Crippen LogP contribution in [0.3, 0.4) is 0 Å². The van der Waals surface area contributed by atoms with Gasteiger partial charge in [0.1, 0.15) is 0 Å². The van der Waals surface area contributed by atoms with Crippen molar-refractivity contribution in [3.8, 4) is 0 Å². The molecule has 5 aliphatic heterocycles. The fraction of sp³-hybridized carbons (Fsp3) is 0.312. The van der Waals surface area contributed by atoms with Gasteiger partial charge in [-0.3, -0.25) is 9.59 Å². The summed E-state index contributed by atoms with van der Waals surface area (Å²) in [6.07, 6.45) is 13.4. The fourth-order valence-corrected chi connectivity index (χ4v) is 5.15. The van der Waals surface area contributed by atoms with E-state index in [1.165, 1.54) is 14.2 Å². The molecule has 0 N–H and O–H groups in total. The molecule has 204 valence electrons. The number of hydrogen-bond acceptors (Lipinski definition) is 8. The number of ether oxygens (including phenoxy) is 2. The van der Waals surface area contributed by atoms with E-state index in [-0.39, 0.29) is 24.8 Å². The molecular weight excluding hydrogens is 504 g/mol. The Balaban J connectivity index is 1.68. The Labute approximate surface area is 234 Å². The summed E-state index contributed by atoms with van der Waals surface area (Å²) in [6.45, 7) is 8.10. The number of esters is 2. The second-order valence-electron chi connectivity index (χ2n) is 10.2. The van der Waals surface area contributed by atoms with Crippen molar-refractivity contribution in [2.45, 2.75) is 53.4 Å². The van der Waals surface area contributed by atoms with Gasteiger partial charge in [-0.1, -0.05) is 0 Å². The van der Waals surface area contributed by atoms with Crippen molar-refractivity contribution >= 4 is 34.8 Å². The molecule has 8 heteroatoms. The summed E-state index contributed by atoms with van der Waals surface area (Å²) < 4.78 is 9.80. The van der Waals surface area contributed by atoms with E-state index >= 15 is 0 Å². The van der Waals surface area contributed by atoms with Gasteiger partial charge in [0.15, 0.2) is 0 Å². The molecule has 0 aromatic carbocycles. The van der Waals surface area contributed by atoms with Crippen LogP contribution in [0.25, 0.3) is 0 Å². The maximum atomic E-state index is 12.0. The first-order chi connectivity index (χ1) is 19.2. The highest BCUT2D eigenvalue weighted by atomic mass is 16.5. The van der Waals surface area contributed by atoms with Crippen molar-refractivity contribution in [1.82, 2.24) is 0 Å². The molecule has 0 saturated heterocycles. The van der Waals surface area contributed by atoms with E-state index < -0.39 is 0 Å². The maximum Gasteiger partial charge on any atom is 0.305 e. The summed E-state index contributed by atoms with van der Waals surface area (Å²) in [7, 11) is 2.79. The quantitative estimate of drug-likeness (QED) is 0.401. The predicted octanol–water partition coefficient (Wildman–Crippen LogP) is 5.79. The summed E-state index contributed by atoms with van der Waals surface area (Å²) in [5.41, 5.74) is 12.4. The van der Waals surface area contributed by atoms with Crippen LogP contribution in [-0.4, -0.2) is 49.0 Å². The van der Waals surface area contributed by atoms with Crippen LogP contribution in [0, 0.1) is 0 Å². The molecule has 0 amide bonds. The minimum absolute atomic E-state index is 0.238. The molecule has 8 bridgehead atoms. The Morgan fingerprint density at radius 2 is 1.07 bits per heavy atom. The van der Waals surface area contributed by atoms with Crippen LogP contribution in [0.2, 0.25) is 0 Å². The molecule has 8 nitrogen and oxygen atoms in total. The number of carbonyl (C=O) groups is 2. The van der Waals surface area contributed by atoms with E-state index in [4.69, 9.17) is 29.4 Å². The van der Waals surface area contributed by atoms with Gasteiger partial charge in [0.2, 0.25) is 0 Å². The van der Waals surface area contributed by atoms with Crippen LogP contribution in [0.1, 0.15) is 53.4 Å². The van der Waals surface area contributed by atoms with Gasteiger partial charge in [-0.15, -0.1) is 0 Å². The number of aliphatic imine (C=N–C) groups is 4. The highest BCUT2D eigenvalue weighted by molar-refractivity contribution is 6.19. The smallest absolute Gasteiger partial charge is 0.305 e. The molecule has 40 heavy (non-hydrogen) atoms. The van der Waals surface area contributed by atoms with Gasteiger partial charge in [0.05, 0.1) is 59.9 Å². The molecule has 5 heterocycles. The van der Waals surface area contributed by atoms with Crippen molar-refractivity contribution in [2.24, 2.45) is 20.0 Å². The van der Waals surface area contributed by atoms with Crippen LogP contribution < -0.4 is 0 Å². The molecule has 0 unspecified atom stereocenters. The van der Waals surface area contributed by atoms with Gasteiger partial charge in [0, 0.05) is 12.8 Å². The number of nitrogens with zero attached hydrogens (tertiary/aromatic N) is 4. The molecular formula is C32H32N4O4. The lowest BCUT2D eigenvalue weighted by molar-refractivity contribution is -0.141. The normalized spacial score (nSPS) is 19.6. The van der Waals surface area contributed by atoms with Gasteiger partial charge < -0.3 is 9.47 Å². The largest absolute Gasteiger partial charge is 0.469 e. The average molecular weight is 537 g/mol. The van der Waals surface area contributed by atoms with E-state index in [2.05, 4.69) is 0 Å². The SMILES string of the molecule is COC(=O)CCC1=C(C)C2=NC1=CC1=NC(=CC3=NC(=CC4=NC(=C2)C=C4C)C=C3C)C(C)=C1CCC(=O)OC. The molecule has 0 saturated carbocycles. The van der Waals surface area contributed by atoms with Crippen molar-refractivity contribution in [3.63, 3.8) is 0 Å². The number of allylic oxidation sites excluding steroid dienone is 12. The van der Waals surface area contributed by atoms with Gasteiger partial charge in [-0.25, -0.2) is 20.0 Å². The Morgan fingerprint density at radius 1 is 0.575 bits per heavy atom. The number of hydrogen-bond donors (Lipinski definition) is 0. The third-order valence-electron chi connectivity index (χ3n) is 7.54. The average Bonchev–Trinajstić information content (AvgIpc) is 3.62. The number of carbonyl (C=O) groups excluding carboxylic acids is 2. The van der Waals surface area contributed by atoms with Gasteiger partial charge in [-0.2, -0.15) is 0 Å². The molecule has 0 aliphatic carbocycles. The number of rotatable bonds is 6. The van der Waals surface area contributed by atoms with Crippen molar-refractivity contribution in [1.29, 1.82) is 0 Å². The van der Waals surface area contributed by atoms with Gasteiger partial charge in [0.25, 0.3) is 0 Å².